The Labute approximate surface area is 120 Å². The highest BCUT2D eigenvalue weighted by molar-refractivity contribution is 6.04. The van der Waals surface area contributed by atoms with Gasteiger partial charge < -0.3 is 5.32 Å². The molecule has 0 fully saturated rings. The summed E-state index contributed by atoms with van der Waals surface area (Å²) in [6, 6.07) is 15.6. The van der Waals surface area contributed by atoms with Gasteiger partial charge in [-0.2, -0.15) is 0 Å². The van der Waals surface area contributed by atoms with Crippen LogP contribution >= 0.6 is 0 Å². The molecular weight excluding hydrogens is 246 g/mol. The van der Waals surface area contributed by atoms with Crippen LogP contribution in [-0.4, -0.2) is 5.91 Å². The molecular formula is C18H21NO. The number of carbonyl (C=O) groups is 1. The van der Waals surface area contributed by atoms with Crippen LogP contribution in [-0.2, 0) is 0 Å². The van der Waals surface area contributed by atoms with E-state index in [1.54, 1.807) is 0 Å². The average Bonchev–Trinajstić information content (AvgIpc) is 2.47. The van der Waals surface area contributed by atoms with E-state index in [2.05, 4.69) is 25.2 Å². The van der Waals surface area contributed by atoms with E-state index >= 15 is 0 Å². The molecule has 0 saturated heterocycles. The van der Waals surface area contributed by atoms with Crippen LogP contribution in [0.2, 0.25) is 0 Å². The highest BCUT2D eigenvalue weighted by atomic mass is 16.1. The molecule has 104 valence electrons. The number of para-hydroxylation sites is 1. The molecule has 0 aliphatic rings. The van der Waals surface area contributed by atoms with E-state index in [1.807, 2.05) is 49.4 Å². The lowest BCUT2D eigenvalue weighted by Gasteiger charge is -2.15. The standard InChI is InChI=1S/C18H21NO/c1-4-14(3)16-7-5-6-8-17(16)19-18(20)15-11-9-13(2)10-12-15/h5-12,14H,4H2,1-3H3,(H,19,20)/t14-/m0/s1. The fourth-order valence-corrected chi connectivity index (χ4v) is 2.16. The van der Waals surface area contributed by atoms with Gasteiger partial charge in [0.05, 0.1) is 0 Å². The van der Waals surface area contributed by atoms with Crippen LogP contribution in [0.1, 0.15) is 47.7 Å². The van der Waals surface area contributed by atoms with E-state index in [1.165, 1.54) is 5.56 Å². The van der Waals surface area contributed by atoms with Crippen LogP contribution in [0.15, 0.2) is 48.5 Å². The molecule has 1 atom stereocenters. The number of nitrogens with one attached hydrogen (secondary N) is 1. The molecule has 20 heavy (non-hydrogen) atoms. The molecule has 1 amide bonds. The maximum absolute atomic E-state index is 12.3. The molecule has 0 aromatic heterocycles. The average molecular weight is 267 g/mol. The van der Waals surface area contributed by atoms with Gasteiger partial charge in [-0.1, -0.05) is 49.7 Å². The van der Waals surface area contributed by atoms with Gasteiger partial charge in [-0.25, -0.2) is 0 Å². The molecule has 0 bridgehead atoms. The van der Waals surface area contributed by atoms with Gasteiger partial charge in [0.15, 0.2) is 0 Å². The summed E-state index contributed by atoms with van der Waals surface area (Å²) in [5, 5.41) is 3.02. The minimum absolute atomic E-state index is 0.0549. The molecule has 0 saturated carbocycles. The zero-order valence-corrected chi connectivity index (χ0v) is 12.3. The maximum Gasteiger partial charge on any atom is 0.255 e. The second-order valence-corrected chi connectivity index (χ2v) is 5.22. The molecule has 0 spiro atoms. The molecule has 2 nitrogen and oxygen atoms in total. The fourth-order valence-electron chi connectivity index (χ4n) is 2.16. The normalized spacial score (nSPS) is 11.9. The van der Waals surface area contributed by atoms with E-state index in [4.69, 9.17) is 0 Å². The van der Waals surface area contributed by atoms with E-state index < -0.39 is 0 Å². The summed E-state index contributed by atoms with van der Waals surface area (Å²) in [6.45, 7) is 6.35. The van der Waals surface area contributed by atoms with Gasteiger partial charge in [-0.3, -0.25) is 4.79 Å². The van der Waals surface area contributed by atoms with Crippen molar-refractivity contribution in [3.63, 3.8) is 0 Å². The zero-order chi connectivity index (χ0) is 14.5. The van der Waals surface area contributed by atoms with Crippen molar-refractivity contribution in [2.45, 2.75) is 33.1 Å². The number of carbonyl (C=O) groups excluding carboxylic acids is 1. The quantitative estimate of drug-likeness (QED) is 0.850. The van der Waals surface area contributed by atoms with Crippen molar-refractivity contribution in [1.82, 2.24) is 0 Å². The van der Waals surface area contributed by atoms with Crippen LogP contribution in [0.4, 0.5) is 5.69 Å². The van der Waals surface area contributed by atoms with Gasteiger partial charge in [0.1, 0.15) is 0 Å². The van der Waals surface area contributed by atoms with Gasteiger partial charge in [0.2, 0.25) is 0 Å². The molecule has 0 unspecified atom stereocenters. The Balaban J connectivity index is 2.21. The second kappa shape index (κ2) is 6.38. The predicted octanol–water partition coefficient (Wildman–Crippen LogP) is 4.76. The predicted molar refractivity (Wildman–Crippen MR) is 84.3 cm³/mol. The minimum Gasteiger partial charge on any atom is -0.322 e. The highest BCUT2D eigenvalue weighted by Gasteiger charge is 2.11. The van der Waals surface area contributed by atoms with E-state index in [0.717, 1.165) is 17.7 Å². The van der Waals surface area contributed by atoms with Gasteiger partial charge in [-0.15, -0.1) is 0 Å². The first-order valence-electron chi connectivity index (χ1n) is 7.08. The molecule has 2 heteroatoms. The van der Waals surface area contributed by atoms with E-state index in [-0.39, 0.29) is 5.91 Å². The van der Waals surface area contributed by atoms with Crippen molar-refractivity contribution in [2.24, 2.45) is 0 Å². The summed E-state index contributed by atoms with van der Waals surface area (Å²) in [4.78, 5) is 12.3. The Hall–Kier alpha value is -2.09. The first kappa shape index (κ1) is 14.3. The number of aryl methyl sites for hydroxylation is 1. The van der Waals surface area contributed by atoms with Crippen molar-refractivity contribution < 1.29 is 4.79 Å². The maximum atomic E-state index is 12.3. The van der Waals surface area contributed by atoms with E-state index in [9.17, 15) is 4.79 Å². The SMILES string of the molecule is CC[C@H](C)c1ccccc1NC(=O)c1ccc(C)cc1. The lowest BCUT2D eigenvalue weighted by atomic mass is 9.97. The number of benzene rings is 2. The molecule has 2 aromatic carbocycles. The molecule has 2 aromatic rings. The van der Waals surface area contributed by atoms with Crippen LogP contribution in [0.25, 0.3) is 0 Å². The van der Waals surface area contributed by atoms with Crippen molar-refractivity contribution >= 4 is 11.6 Å². The number of anilines is 1. The van der Waals surface area contributed by atoms with Crippen LogP contribution < -0.4 is 5.32 Å². The Morgan fingerprint density at radius 2 is 1.75 bits per heavy atom. The molecule has 2 rings (SSSR count). The van der Waals surface area contributed by atoms with Gasteiger partial charge in [0.25, 0.3) is 5.91 Å². The topological polar surface area (TPSA) is 29.1 Å². The Morgan fingerprint density at radius 1 is 1.10 bits per heavy atom. The molecule has 0 aliphatic carbocycles. The highest BCUT2D eigenvalue weighted by Crippen LogP contribution is 2.26. The summed E-state index contributed by atoms with van der Waals surface area (Å²) in [7, 11) is 0. The lowest BCUT2D eigenvalue weighted by Crippen LogP contribution is -2.13. The molecule has 0 heterocycles. The van der Waals surface area contributed by atoms with Crippen molar-refractivity contribution in [2.75, 3.05) is 5.32 Å². The number of hydrogen-bond donors (Lipinski definition) is 1. The van der Waals surface area contributed by atoms with Gasteiger partial charge in [0, 0.05) is 11.3 Å². The lowest BCUT2D eigenvalue weighted by molar-refractivity contribution is 0.102. The zero-order valence-electron chi connectivity index (χ0n) is 12.3. The van der Waals surface area contributed by atoms with Gasteiger partial charge in [-0.05, 0) is 43.0 Å². The van der Waals surface area contributed by atoms with Crippen molar-refractivity contribution in [1.29, 1.82) is 0 Å². The summed E-state index contributed by atoms with van der Waals surface area (Å²) < 4.78 is 0. The Bertz CT molecular complexity index is 587. The van der Waals surface area contributed by atoms with Crippen LogP contribution in [0.3, 0.4) is 0 Å². The number of hydrogen-bond acceptors (Lipinski definition) is 1. The summed E-state index contributed by atoms with van der Waals surface area (Å²) in [6.07, 6.45) is 1.05. The number of amides is 1. The minimum atomic E-state index is -0.0549. The summed E-state index contributed by atoms with van der Waals surface area (Å²) in [5.41, 5.74) is 3.94. The van der Waals surface area contributed by atoms with E-state index in [0.29, 0.717) is 11.5 Å². The second-order valence-electron chi connectivity index (χ2n) is 5.22. The summed E-state index contributed by atoms with van der Waals surface area (Å²) in [5.74, 6) is 0.380. The Morgan fingerprint density at radius 3 is 2.40 bits per heavy atom. The molecule has 0 aliphatic heterocycles. The smallest absolute Gasteiger partial charge is 0.255 e. The first-order valence-corrected chi connectivity index (χ1v) is 7.08. The third kappa shape index (κ3) is 3.27. The Kier molecular flexibility index (Phi) is 4.57. The summed E-state index contributed by atoms with van der Waals surface area (Å²) >= 11 is 0. The third-order valence-electron chi connectivity index (χ3n) is 3.67. The van der Waals surface area contributed by atoms with Crippen LogP contribution in [0, 0.1) is 6.92 Å². The fraction of sp³-hybridized carbons (Fsp3) is 0.278. The van der Waals surface area contributed by atoms with Crippen LogP contribution in [0.5, 0.6) is 0 Å². The van der Waals surface area contributed by atoms with Gasteiger partial charge >= 0.3 is 0 Å². The third-order valence-corrected chi connectivity index (χ3v) is 3.67. The van der Waals surface area contributed by atoms with Crippen molar-refractivity contribution in [3.8, 4) is 0 Å². The largest absolute Gasteiger partial charge is 0.322 e. The molecule has 1 N–H and O–H groups in total. The first-order chi connectivity index (χ1) is 9.61. The number of rotatable bonds is 4. The van der Waals surface area contributed by atoms with Crippen molar-refractivity contribution in [3.05, 3.63) is 65.2 Å². The molecule has 0 radical (unpaired) electrons. The monoisotopic (exact) mass is 267 g/mol.